The van der Waals surface area contributed by atoms with Crippen molar-refractivity contribution in [3.63, 3.8) is 0 Å². The molecule has 0 aliphatic rings. The summed E-state index contributed by atoms with van der Waals surface area (Å²) in [6.07, 6.45) is 0.787. The third kappa shape index (κ3) is 3.61. The molecule has 112 valence electrons. The largest absolute Gasteiger partial charge is 0.508 e. The highest BCUT2D eigenvalue weighted by molar-refractivity contribution is 5.31. The van der Waals surface area contributed by atoms with Crippen molar-refractivity contribution in [2.24, 2.45) is 0 Å². The molecule has 0 saturated carbocycles. The van der Waals surface area contributed by atoms with Crippen LogP contribution < -0.4 is 5.32 Å². The molecule has 0 radical (unpaired) electrons. The second kappa shape index (κ2) is 6.27. The second-order valence-corrected chi connectivity index (χ2v) is 5.94. The third-order valence-electron chi connectivity index (χ3n) is 4.16. The van der Waals surface area contributed by atoms with E-state index in [9.17, 15) is 9.50 Å². The predicted molar refractivity (Wildman–Crippen MR) is 84.1 cm³/mol. The van der Waals surface area contributed by atoms with Crippen LogP contribution in [0, 0.1) is 5.82 Å². The van der Waals surface area contributed by atoms with Gasteiger partial charge in [-0.25, -0.2) is 4.39 Å². The van der Waals surface area contributed by atoms with Gasteiger partial charge in [0.1, 0.15) is 11.6 Å². The van der Waals surface area contributed by atoms with E-state index in [0.717, 1.165) is 17.5 Å². The molecule has 2 aromatic carbocycles. The first-order chi connectivity index (χ1) is 9.93. The van der Waals surface area contributed by atoms with E-state index >= 15 is 0 Å². The van der Waals surface area contributed by atoms with Gasteiger partial charge in [-0.2, -0.15) is 0 Å². The van der Waals surface area contributed by atoms with Crippen LogP contribution in [0.2, 0.25) is 0 Å². The summed E-state index contributed by atoms with van der Waals surface area (Å²) < 4.78 is 13.1. The summed E-state index contributed by atoms with van der Waals surface area (Å²) in [7, 11) is 1.93. The molecular formula is C18H22FNO. The van der Waals surface area contributed by atoms with Crippen LogP contribution in [-0.2, 0) is 11.8 Å². The fourth-order valence-corrected chi connectivity index (χ4v) is 2.72. The van der Waals surface area contributed by atoms with Crippen molar-refractivity contribution in [2.45, 2.75) is 31.7 Å². The Morgan fingerprint density at radius 1 is 1.14 bits per heavy atom. The molecule has 2 rings (SSSR count). The molecule has 2 aromatic rings. The second-order valence-electron chi connectivity index (χ2n) is 5.94. The van der Waals surface area contributed by atoms with Crippen LogP contribution in [0.3, 0.4) is 0 Å². The number of aromatic hydroxyl groups is 1. The summed E-state index contributed by atoms with van der Waals surface area (Å²) in [4.78, 5) is 0. The number of hydrogen-bond acceptors (Lipinski definition) is 2. The number of rotatable bonds is 5. The summed E-state index contributed by atoms with van der Waals surface area (Å²) in [6, 6.07) is 14.1. The molecule has 21 heavy (non-hydrogen) atoms. The average molecular weight is 287 g/mol. The highest BCUT2D eigenvalue weighted by Gasteiger charge is 2.30. The number of halogens is 1. The molecule has 0 saturated heterocycles. The first kappa shape index (κ1) is 15.5. The molecule has 2 N–H and O–H groups in total. The van der Waals surface area contributed by atoms with Crippen molar-refractivity contribution in [3.05, 3.63) is 65.5 Å². The Labute approximate surface area is 125 Å². The summed E-state index contributed by atoms with van der Waals surface area (Å²) in [5.41, 5.74) is 2.00. The van der Waals surface area contributed by atoms with Crippen LogP contribution >= 0.6 is 0 Å². The zero-order chi connectivity index (χ0) is 15.5. The van der Waals surface area contributed by atoms with Crippen LogP contribution in [0.5, 0.6) is 5.75 Å². The minimum Gasteiger partial charge on any atom is -0.508 e. The lowest BCUT2D eigenvalue weighted by Crippen LogP contribution is -2.44. The van der Waals surface area contributed by atoms with E-state index in [1.807, 2.05) is 31.3 Å². The fourth-order valence-electron chi connectivity index (χ4n) is 2.72. The zero-order valence-corrected chi connectivity index (χ0v) is 12.7. The molecule has 1 unspecified atom stereocenters. The highest BCUT2D eigenvalue weighted by atomic mass is 19.1. The fraction of sp³-hybridized carbons (Fsp3) is 0.333. The predicted octanol–water partition coefficient (Wildman–Crippen LogP) is 3.64. The first-order valence-electron chi connectivity index (χ1n) is 7.14. The van der Waals surface area contributed by atoms with Crippen molar-refractivity contribution in [2.75, 3.05) is 7.05 Å². The summed E-state index contributed by atoms with van der Waals surface area (Å²) in [5.74, 6) is 0.0606. The Kier molecular flexibility index (Phi) is 4.63. The van der Waals surface area contributed by atoms with E-state index in [1.54, 1.807) is 12.1 Å². The normalized spacial score (nSPS) is 13.1. The van der Waals surface area contributed by atoms with Gasteiger partial charge in [0.25, 0.3) is 0 Å². The van der Waals surface area contributed by atoms with Crippen LogP contribution in [0.1, 0.15) is 25.0 Å². The van der Waals surface area contributed by atoms with Crippen LogP contribution in [0.15, 0.2) is 48.5 Å². The van der Waals surface area contributed by atoms with Crippen LogP contribution in [-0.4, -0.2) is 18.2 Å². The molecule has 0 fully saturated rings. The van der Waals surface area contributed by atoms with Gasteiger partial charge in [-0.15, -0.1) is 0 Å². The van der Waals surface area contributed by atoms with Crippen molar-refractivity contribution in [3.8, 4) is 5.75 Å². The molecule has 2 nitrogen and oxygen atoms in total. The number of nitrogens with one attached hydrogen (secondary N) is 1. The standard InChI is InChI=1S/C18H22FNO/c1-18(2,14-7-9-15(19)10-8-14)17(20-3)12-13-5-4-6-16(21)11-13/h4-11,17,20-21H,12H2,1-3H3. The van der Waals surface area contributed by atoms with Crippen LogP contribution in [0.4, 0.5) is 4.39 Å². The van der Waals surface area contributed by atoms with E-state index in [0.29, 0.717) is 0 Å². The Bertz CT molecular complexity index is 592. The summed E-state index contributed by atoms with van der Waals surface area (Å²) in [5, 5.41) is 12.9. The van der Waals surface area contributed by atoms with Gasteiger partial charge in [-0.05, 0) is 48.9 Å². The number of phenols is 1. The maximum Gasteiger partial charge on any atom is 0.123 e. The Balaban J connectivity index is 2.24. The Morgan fingerprint density at radius 3 is 2.38 bits per heavy atom. The van der Waals surface area contributed by atoms with Crippen molar-refractivity contribution in [1.82, 2.24) is 5.32 Å². The van der Waals surface area contributed by atoms with Gasteiger partial charge >= 0.3 is 0 Å². The maximum atomic E-state index is 13.1. The molecule has 0 bridgehead atoms. The number of hydrogen-bond donors (Lipinski definition) is 2. The molecule has 0 aromatic heterocycles. The molecule has 3 heteroatoms. The smallest absolute Gasteiger partial charge is 0.123 e. The SMILES string of the molecule is CNC(Cc1cccc(O)c1)C(C)(C)c1ccc(F)cc1. The molecule has 0 spiro atoms. The van der Waals surface area contributed by atoms with Gasteiger partial charge < -0.3 is 10.4 Å². The monoisotopic (exact) mass is 287 g/mol. The topological polar surface area (TPSA) is 32.3 Å². The summed E-state index contributed by atoms with van der Waals surface area (Å²) >= 11 is 0. The molecule has 0 heterocycles. The van der Waals surface area contributed by atoms with Crippen molar-refractivity contribution >= 4 is 0 Å². The lowest BCUT2D eigenvalue weighted by Gasteiger charge is -2.35. The molecule has 0 aliphatic carbocycles. The molecule has 1 atom stereocenters. The highest BCUT2D eigenvalue weighted by Crippen LogP contribution is 2.29. The van der Waals surface area contributed by atoms with Crippen LogP contribution in [0.25, 0.3) is 0 Å². The van der Waals surface area contributed by atoms with E-state index in [1.165, 1.54) is 12.1 Å². The minimum atomic E-state index is -0.219. The Morgan fingerprint density at radius 2 is 1.81 bits per heavy atom. The zero-order valence-electron chi connectivity index (χ0n) is 12.7. The van der Waals surface area contributed by atoms with Gasteiger partial charge in [0.2, 0.25) is 0 Å². The average Bonchev–Trinajstić information content (AvgIpc) is 2.45. The van der Waals surface area contributed by atoms with Crippen molar-refractivity contribution in [1.29, 1.82) is 0 Å². The lowest BCUT2D eigenvalue weighted by atomic mass is 9.75. The molecule has 0 amide bonds. The van der Waals surface area contributed by atoms with E-state index in [2.05, 4.69) is 19.2 Å². The maximum absolute atomic E-state index is 13.1. The first-order valence-corrected chi connectivity index (χ1v) is 7.14. The van der Waals surface area contributed by atoms with Gasteiger partial charge in [0, 0.05) is 11.5 Å². The van der Waals surface area contributed by atoms with Gasteiger partial charge in [-0.3, -0.25) is 0 Å². The molecule has 0 aliphatic heterocycles. The van der Waals surface area contributed by atoms with E-state index in [4.69, 9.17) is 0 Å². The van der Waals surface area contributed by atoms with E-state index in [-0.39, 0.29) is 23.0 Å². The van der Waals surface area contributed by atoms with E-state index < -0.39 is 0 Å². The third-order valence-corrected chi connectivity index (χ3v) is 4.16. The van der Waals surface area contributed by atoms with Gasteiger partial charge in [0.15, 0.2) is 0 Å². The van der Waals surface area contributed by atoms with Gasteiger partial charge in [-0.1, -0.05) is 38.1 Å². The Hall–Kier alpha value is -1.87. The lowest BCUT2D eigenvalue weighted by molar-refractivity contribution is 0.355. The molecular weight excluding hydrogens is 265 g/mol. The number of benzene rings is 2. The quantitative estimate of drug-likeness (QED) is 0.880. The number of likely N-dealkylation sites (N-methyl/N-ethyl adjacent to an activating group) is 1. The van der Waals surface area contributed by atoms with Gasteiger partial charge in [0.05, 0.1) is 0 Å². The van der Waals surface area contributed by atoms with Crippen molar-refractivity contribution < 1.29 is 9.50 Å². The summed E-state index contributed by atoms with van der Waals surface area (Å²) in [6.45, 7) is 4.29. The number of phenolic OH excluding ortho intramolecular Hbond substituents is 1. The minimum absolute atomic E-state index is 0.159.